The monoisotopic (exact) mass is 259 g/mol. The summed E-state index contributed by atoms with van der Waals surface area (Å²) < 4.78 is 10.6. The summed E-state index contributed by atoms with van der Waals surface area (Å²) in [7, 11) is 0. The fraction of sp³-hybridized carbons (Fsp3) is 0.231. The molecule has 1 aromatic carbocycles. The Hall–Kier alpha value is -2.18. The second-order valence-electron chi connectivity index (χ2n) is 4.16. The minimum absolute atomic E-state index is 0.190. The summed E-state index contributed by atoms with van der Waals surface area (Å²) in [5.74, 6) is 1.84. The molecule has 1 aromatic heterocycles. The predicted molar refractivity (Wildman–Crippen MR) is 67.6 cm³/mol. The Morgan fingerprint density at radius 2 is 2.11 bits per heavy atom. The topological polar surface area (TPSA) is 90.5 Å². The van der Waals surface area contributed by atoms with Crippen molar-refractivity contribution in [3.05, 3.63) is 36.3 Å². The minimum atomic E-state index is -0.575. The van der Waals surface area contributed by atoms with Crippen molar-refractivity contribution < 1.29 is 14.6 Å². The van der Waals surface area contributed by atoms with E-state index < -0.39 is 6.04 Å². The van der Waals surface area contributed by atoms with Crippen molar-refractivity contribution in [3.63, 3.8) is 0 Å². The summed E-state index contributed by atoms with van der Waals surface area (Å²) in [6.07, 6.45) is 1.62. The third kappa shape index (κ3) is 2.23. The van der Waals surface area contributed by atoms with Crippen LogP contribution in [0.25, 0.3) is 11.3 Å². The Kier molecular flexibility index (Phi) is 3.02. The van der Waals surface area contributed by atoms with Gasteiger partial charge < -0.3 is 20.3 Å². The molecular formula is C13H13N3O3. The molecule has 0 saturated carbocycles. The van der Waals surface area contributed by atoms with Crippen molar-refractivity contribution in [2.24, 2.45) is 5.73 Å². The van der Waals surface area contributed by atoms with Crippen molar-refractivity contribution in [2.45, 2.75) is 6.04 Å². The number of ether oxygens (including phenoxy) is 2. The zero-order valence-electron chi connectivity index (χ0n) is 10.1. The molecule has 1 aliphatic heterocycles. The zero-order valence-corrected chi connectivity index (χ0v) is 10.1. The first-order chi connectivity index (χ1) is 9.28. The van der Waals surface area contributed by atoms with Gasteiger partial charge in [0, 0.05) is 11.8 Å². The standard InChI is InChI=1S/C13H13N3O3/c14-9(6-17)13-15-4-3-10(16-13)8-1-2-11-12(5-8)19-7-18-11/h1-5,9,17H,6-7,14H2. The van der Waals surface area contributed by atoms with Gasteiger partial charge in [0.1, 0.15) is 5.82 Å². The number of aromatic nitrogens is 2. The molecule has 0 spiro atoms. The third-order valence-corrected chi connectivity index (χ3v) is 2.87. The average Bonchev–Trinajstić information content (AvgIpc) is 2.94. The summed E-state index contributed by atoms with van der Waals surface area (Å²) >= 11 is 0. The van der Waals surface area contributed by atoms with E-state index in [1.165, 1.54) is 0 Å². The van der Waals surface area contributed by atoms with Crippen molar-refractivity contribution in [3.8, 4) is 22.8 Å². The molecule has 3 N–H and O–H groups in total. The van der Waals surface area contributed by atoms with Gasteiger partial charge in [-0.3, -0.25) is 0 Å². The van der Waals surface area contributed by atoms with Crippen LogP contribution in [0.1, 0.15) is 11.9 Å². The minimum Gasteiger partial charge on any atom is -0.454 e. The number of hydrogen-bond acceptors (Lipinski definition) is 6. The first-order valence-electron chi connectivity index (χ1n) is 5.87. The van der Waals surface area contributed by atoms with E-state index in [1.807, 2.05) is 18.2 Å². The van der Waals surface area contributed by atoms with E-state index in [9.17, 15) is 0 Å². The highest BCUT2D eigenvalue weighted by Crippen LogP contribution is 2.35. The maximum absolute atomic E-state index is 9.03. The fourth-order valence-electron chi connectivity index (χ4n) is 1.85. The van der Waals surface area contributed by atoms with Crippen molar-refractivity contribution >= 4 is 0 Å². The van der Waals surface area contributed by atoms with E-state index in [1.54, 1.807) is 12.3 Å². The second kappa shape index (κ2) is 4.83. The lowest BCUT2D eigenvalue weighted by atomic mass is 10.1. The number of benzene rings is 1. The molecule has 0 radical (unpaired) electrons. The second-order valence-corrected chi connectivity index (χ2v) is 4.16. The number of nitrogens with zero attached hydrogens (tertiary/aromatic N) is 2. The van der Waals surface area contributed by atoms with E-state index in [2.05, 4.69) is 9.97 Å². The number of hydrogen-bond donors (Lipinski definition) is 2. The maximum Gasteiger partial charge on any atom is 0.231 e. The molecule has 0 amide bonds. The molecule has 2 aromatic rings. The predicted octanol–water partition coefficient (Wildman–Crippen LogP) is 0.864. The van der Waals surface area contributed by atoms with Gasteiger partial charge in [-0.15, -0.1) is 0 Å². The summed E-state index contributed by atoms with van der Waals surface area (Å²) in [4.78, 5) is 8.40. The van der Waals surface area contributed by atoms with Crippen LogP contribution in [0.2, 0.25) is 0 Å². The number of fused-ring (bicyclic) bond motifs is 1. The third-order valence-electron chi connectivity index (χ3n) is 2.87. The van der Waals surface area contributed by atoms with E-state index in [0.29, 0.717) is 11.6 Å². The van der Waals surface area contributed by atoms with Crippen molar-refractivity contribution in [1.29, 1.82) is 0 Å². The van der Waals surface area contributed by atoms with E-state index in [4.69, 9.17) is 20.3 Å². The van der Waals surface area contributed by atoms with E-state index in [0.717, 1.165) is 17.0 Å². The first-order valence-corrected chi connectivity index (χ1v) is 5.87. The van der Waals surface area contributed by atoms with Crippen LogP contribution in [0, 0.1) is 0 Å². The van der Waals surface area contributed by atoms with Crippen LogP contribution in [0.4, 0.5) is 0 Å². The quantitative estimate of drug-likeness (QED) is 0.849. The Bertz CT molecular complexity index is 603. The smallest absolute Gasteiger partial charge is 0.231 e. The Morgan fingerprint density at radius 1 is 1.26 bits per heavy atom. The summed E-state index contributed by atoms with van der Waals surface area (Å²) in [5, 5.41) is 9.03. The summed E-state index contributed by atoms with van der Waals surface area (Å²) in [5.41, 5.74) is 7.33. The molecule has 0 saturated heterocycles. The van der Waals surface area contributed by atoms with Crippen LogP contribution in [-0.2, 0) is 0 Å². The Morgan fingerprint density at radius 3 is 2.95 bits per heavy atom. The van der Waals surface area contributed by atoms with Gasteiger partial charge >= 0.3 is 0 Å². The molecule has 6 heteroatoms. The van der Waals surface area contributed by atoms with Crippen LogP contribution in [-0.4, -0.2) is 28.5 Å². The van der Waals surface area contributed by atoms with Crippen LogP contribution in [0.3, 0.4) is 0 Å². The van der Waals surface area contributed by atoms with Gasteiger partial charge in [-0.05, 0) is 24.3 Å². The van der Waals surface area contributed by atoms with Gasteiger partial charge in [0.05, 0.1) is 18.3 Å². The van der Waals surface area contributed by atoms with E-state index >= 15 is 0 Å². The van der Waals surface area contributed by atoms with Gasteiger partial charge in [-0.1, -0.05) is 0 Å². The van der Waals surface area contributed by atoms with Crippen molar-refractivity contribution in [1.82, 2.24) is 9.97 Å². The van der Waals surface area contributed by atoms with Crippen molar-refractivity contribution in [2.75, 3.05) is 13.4 Å². The lowest BCUT2D eigenvalue weighted by Crippen LogP contribution is -2.17. The summed E-state index contributed by atoms with van der Waals surface area (Å²) in [6, 6.07) is 6.80. The molecule has 6 nitrogen and oxygen atoms in total. The molecule has 98 valence electrons. The lowest BCUT2D eigenvalue weighted by molar-refractivity contribution is 0.174. The summed E-state index contributed by atoms with van der Waals surface area (Å²) in [6.45, 7) is 0.0494. The van der Waals surface area contributed by atoms with Crippen LogP contribution >= 0.6 is 0 Å². The number of aliphatic hydroxyl groups is 1. The average molecular weight is 259 g/mol. The molecular weight excluding hydrogens is 246 g/mol. The molecule has 0 aliphatic carbocycles. The van der Waals surface area contributed by atoms with Gasteiger partial charge in [-0.2, -0.15) is 0 Å². The molecule has 1 unspecified atom stereocenters. The van der Waals surface area contributed by atoms with Gasteiger partial charge in [-0.25, -0.2) is 9.97 Å². The SMILES string of the molecule is NC(CO)c1nccc(-c2ccc3c(c2)OCO3)n1. The molecule has 1 atom stereocenters. The highest BCUT2D eigenvalue weighted by atomic mass is 16.7. The Balaban J connectivity index is 1.98. The normalized spacial score (nSPS) is 14.4. The number of rotatable bonds is 3. The van der Waals surface area contributed by atoms with Gasteiger partial charge in [0.15, 0.2) is 11.5 Å². The number of nitrogens with two attached hydrogens (primary N) is 1. The molecule has 2 heterocycles. The van der Waals surface area contributed by atoms with Crippen LogP contribution in [0.5, 0.6) is 11.5 Å². The molecule has 19 heavy (non-hydrogen) atoms. The van der Waals surface area contributed by atoms with Crippen LogP contribution in [0.15, 0.2) is 30.5 Å². The highest BCUT2D eigenvalue weighted by molar-refractivity contribution is 5.64. The van der Waals surface area contributed by atoms with E-state index in [-0.39, 0.29) is 13.4 Å². The molecule has 0 fully saturated rings. The fourth-order valence-corrected chi connectivity index (χ4v) is 1.85. The highest BCUT2D eigenvalue weighted by Gasteiger charge is 2.15. The molecule has 3 rings (SSSR count). The Labute approximate surface area is 109 Å². The zero-order chi connectivity index (χ0) is 13.2. The largest absolute Gasteiger partial charge is 0.454 e. The van der Waals surface area contributed by atoms with Crippen LogP contribution < -0.4 is 15.2 Å². The molecule has 0 bridgehead atoms. The maximum atomic E-state index is 9.03. The number of aliphatic hydroxyl groups excluding tert-OH is 1. The first kappa shape index (κ1) is 11.9. The molecule has 1 aliphatic rings. The van der Waals surface area contributed by atoms with Gasteiger partial charge in [0.2, 0.25) is 6.79 Å². The lowest BCUT2D eigenvalue weighted by Gasteiger charge is -2.08. The van der Waals surface area contributed by atoms with Gasteiger partial charge in [0.25, 0.3) is 0 Å².